The Kier molecular flexibility index (Phi) is 5.92. The number of aryl methyl sites for hydroxylation is 4. The second kappa shape index (κ2) is 7.92. The number of ether oxygens (including phenoxy) is 1. The van der Waals surface area contributed by atoms with Crippen LogP contribution in [0.1, 0.15) is 40.1 Å². The number of rotatable bonds is 7. The third kappa shape index (κ3) is 4.41. The molecule has 2 aromatic rings. The molecular formula is C16H22N4O2S. The first kappa shape index (κ1) is 17.2. The molecule has 0 aliphatic rings. The van der Waals surface area contributed by atoms with Crippen LogP contribution in [0.4, 0.5) is 0 Å². The van der Waals surface area contributed by atoms with E-state index >= 15 is 0 Å². The lowest BCUT2D eigenvalue weighted by Crippen LogP contribution is -2.14. The molecule has 0 bridgehead atoms. The number of oxime groups is 1. The Morgan fingerprint density at radius 3 is 2.48 bits per heavy atom. The highest BCUT2D eigenvalue weighted by atomic mass is 32.1. The molecule has 3 N–H and O–H groups in total. The molecule has 0 unspecified atom stereocenters. The Balaban J connectivity index is 1.93. The predicted molar refractivity (Wildman–Crippen MR) is 91.5 cm³/mol. The quantitative estimate of drug-likeness (QED) is 0.267. The fraction of sp³-hybridized carbons (Fsp3) is 0.438. The number of hydrogen-bond donors (Lipinski definition) is 2. The zero-order valence-corrected chi connectivity index (χ0v) is 14.5. The molecule has 124 valence electrons. The largest absolute Gasteiger partial charge is 0.493 e. The van der Waals surface area contributed by atoms with Gasteiger partial charge in [0.15, 0.2) is 5.84 Å². The van der Waals surface area contributed by atoms with Crippen LogP contribution in [0, 0.1) is 13.8 Å². The van der Waals surface area contributed by atoms with Gasteiger partial charge in [-0.25, -0.2) is 0 Å². The Hall–Kier alpha value is -2.15. The van der Waals surface area contributed by atoms with Gasteiger partial charge in [0.05, 0.1) is 6.61 Å². The summed E-state index contributed by atoms with van der Waals surface area (Å²) < 4.78 is 5.90. The van der Waals surface area contributed by atoms with E-state index in [9.17, 15) is 0 Å². The number of aromatic nitrogens is 2. The van der Waals surface area contributed by atoms with Gasteiger partial charge in [-0.2, -0.15) is 0 Å². The van der Waals surface area contributed by atoms with Gasteiger partial charge in [-0.05, 0) is 49.9 Å². The summed E-state index contributed by atoms with van der Waals surface area (Å²) in [5, 5.41) is 22.2. The molecule has 0 aliphatic carbocycles. The van der Waals surface area contributed by atoms with Crippen molar-refractivity contribution in [3.8, 4) is 5.75 Å². The maximum absolute atomic E-state index is 8.76. The first-order valence-electron chi connectivity index (χ1n) is 7.58. The molecule has 23 heavy (non-hydrogen) atoms. The summed E-state index contributed by atoms with van der Waals surface area (Å²) in [6.45, 7) is 6.60. The molecule has 0 spiro atoms. The van der Waals surface area contributed by atoms with Crippen LogP contribution in [0.25, 0.3) is 0 Å². The van der Waals surface area contributed by atoms with Crippen LogP contribution in [0.15, 0.2) is 17.3 Å². The molecule has 0 amide bonds. The molecule has 0 radical (unpaired) electrons. The fourth-order valence-corrected chi connectivity index (χ4v) is 3.14. The Bertz CT molecular complexity index is 674. The molecule has 1 aromatic carbocycles. The number of nitrogens with zero attached hydrogens (tertiary/aromatic N) is 3. The lowest BCUT2D eigenvalue weighted by Gasteiger charge is -2.13. The molecule has 7 heteroatoms. The van der Waals surface area contributed by atoms with Crippen molar-refractivity contribution in [2.45, 2.75) is 40.0 Å². The summed E-state index contributed by atoms with van der Waals surface area (Å²) in [6.07, 6.45) is 2.69. The molecule has 0 atom stereocenters. The lowest BCUT2D eigenvalue weighted by molar-refractivity contribution is 0.306. The summed E-state index contributed by atoms with van der Waals surface area (Å²) in [4.78, 5) is 0. The summed E-state index contributed by atoms with van der Waals surface area (Å²) in [6, 6.07) is 3.71. The summed E-state index contributed by atoms with van der Waals surface area (Å²) in [5.41, 5.74) is 8.26. The van der Waals surface area contributed by atoms with Gasteiger partial charge in [0.25, 0.3) is 0 Å². The molecule has 0 saturated carbocycles. The molecule has 0 aliphatic heterocycles. The molecule has 6 nitrogen and oxygen atoms in total. The number of amidine groups is 1. The van der Waals surface area contributed by atoms with Crippen LogP contribution in [0.2, 0.25) is 0 Å². The molecule has 1 heterocycles. The summed E-state index contributed by atoms with van der Waals surface area (Å²) in [7, 11) is 0. The zero-order valence-electron chi connectivity index (χ0n) is 13.7. The van der Waals surface area contributed by atoms with E-state index in [4.69, 9.17) is 15.7 Å². The van der Waals surface area contributed by atoms with Crippen LogP contribution in [0.5, 0.6) is 5.75 Å². The number of benzene rings is 1. The monoisotopic (exact) mass is 334 g/mol. The van der Waals surface area contributed by atoms with E-state index < -0.39 is 0 Å². The van der Waals surface area contributed by atoms with Gasteiger partial charge in [0, 0.05) is 12.0 Å². The highest BCUT2D eigenvalue weighted by molar-refractivity contribution is 7.11. The highest BCUT2D eigenvalue weighted by Crippen LogP contribution is 2.25. The van der Waals surface area contributed by atoms with Gasteiger partial charge in [0.2, 0.25) is 0 Å². The Morgan fingerprint density at radius 1 is 1.26 bits per heavy atom. The minimum Gasteiger partial charge on any atom is -0.493 e. The fourth-order valence-electron chi connectivity index (χ4n) is 2.31. The minimum absolute atomic E-state index is 0.103. The lowest BCUT2D eigenvalue weighted by atomic mass is 10.1. The van der Waals surface area contributed by atoms with Gasteiger partial charge in [-0.1, -0.05) is 12.1 Å². The second-order valence-electron chi connectivity index (χ2n) is 5.32. The SMILES string of the molecule is CCc1nnc(CCCOc2c(C)cc(C(N)=NO)cc2C)s1. The topological polar surface area (TPSA) is 93.6 Å². The molecule has 2 rings (SSSR count). The van der Waals surface area contributed by atoms with Crippen molar-refractivity contribution >= 4 is 17.2 Å². The molecule has 0 saturated heterocycles. The van der Waals surface area contributed by atoms with E-state index in [1.807, 2.05) is 26.0 Å². The summed E-state index contributed by atoms with van der Waals surface area (Å²) in [5.74, 6) is 0.955. The Labute approximate surface area is 140 Å². The van der Waals surface area contributed by atoms with Crippen LogP contribution >= 0.6 is 11.3 Å². The van der Waals surface area contributed by atoms with Crippen molar-refractivity contribution in [3.63, 3.8) is 0 Å². The van der Waals surface area contributed by atoms with Crippen LogP contribution in [-0.4, -0.2) is 27.8 Å². The van der Waals surface area contributed by atoms with E-state index in [0.29, 0.717) is 12.2 Å². The van der Waals surface area contributed by atoms with Gasteiger partial charge in [-0.3, -0.25) is 0 Å². The van der Waals surface area contributed by atoms with Gasteiger partial charge in [-0.15, -0.1) is 21.5 Å². The van der Waals surface area contributed by atoms with Gasteiger partial charge in [0.1, 0.15) is 15.8 Å². The standard InChI is InChI=1S/C16H22N4O2S/c1-4-13-18-19-14(23-13)6-5-7-22-15-10(2)8-12(9-11(15)3)16(17)20-21/h8-9,21H,4-7H2,1-3H3,(H2,17,20). The average Bonchev–Trinajstić information content (AvgIpc) is 3.00. The average molecular weight is 334 g/mol. The Morgan fingerprint density at radius 2 is 1.91 bits per heavy atom. The van der Waals surface area contributed by atoms with E-state index in [1.165, 1.54) is 0 Å². The third-order valence-corrected chi connectivity index (χ3v) is 4.58. The zero-order chi connectivity index (χ0) is 16.8. The van der Waals surface area contributed by atoms with Gasteiger partial charge < -0.3 is 15.7 Å². The van der Waals surface area contributed by atoms with Crippen LogP contribution in [-0.2, 0) is 12.8 Å². The van der Waals surface area contributed by atoms with E-state index in [1.54, 1.807) is 11.3 Å². The van der Waals surface area contributed by atoms with Crippen molar-refractivity contribution in [2.75, 3.05) is 6.61 Å². The smallest absolute Gasteiger partial charge is 0.170 e. The van der Waals surface area contributed by atoms with Crippen LogP contribution in [0.3, 0.4) is 0 Å². The molecule has 0 fully saturated rings. The predicted octanol–water partition coefficient (Wildman–Crippen LogP) is 2.82. The molecule has 1 aromatic heterocycles. The van der Waals surface area contributed by atoms with Crippen molar-refractivity contribution in [1.29, 1.82) is 0 Å². The van der Waals surface area contributed by atoms with Crippen molar-refractivity contribution in [1.82, 2.24) is 10.2 Å². The maximum Gasteiger partial charge on any atom is 0.170 e. The van der Waals surface area contributed by atoms with Crippen LogP contribution < -0.4 is 10.5 Å². The number of hydrogen-bond acceptors (Lipinski definition) is 6. The highest BCUT2D eigenvalue weighted by Gasteiger charge is 2.09. The minimum atomic E-state index is 0.103. The van der Waals surface area contributed by atoms with Crippen molar-refractivity contribution in [2.24, 2.45) is 10.9 Å². The van der Waals surface area contributed by atoms with E-state index in [2.05, 4.69) is 22.3 Å². The third-order valence-electron chi connectivity index (χ3n) is 3.46. The number of nitrogens with two attached hydrogens (primary N) is 1. The molecular weight excluding hydrogens is 312 g/mol. The van der Waals surface area contributed by atoms with Crippen molar-refractivity contribution in [3.05, 3.63) is 38.8 Å². The van der Waals surface area contributed by atoms with E-state index in [0.717, 1.165) is 46.2 Å². The summed E-state index contributed by atoms with van der Waals surface area (Å²) >= 11 is 1.66. The maximum atomic E-state index is 8.76. The van der Waals surface area contributed by atoms with Crippen molar-refractivity contribution < 1.29 is 9.94 Å². The first-order chi connectivity index (χ1) is 11.0. The first-order valence-corrected chi connectivity index (χ1v) is 8.40. The second-order valence-corrected chi connectivity index (χ2v) is 6.47. The van der Waals surface area contributed by atoms with Gasteiger partial charge >= 0.3 is 0 Å². The van der Waals surface area contributed by atoms with E-state index in [-0.39, 0.29) is 5.84 Å². The normalized spacial score (nSPS) is 11.7.